The summed E-state index contributed by atoms with van der Waals surface area (Å²) in [4.78, 5) is 40.9. The maximum Gasteiger partial charge on any atom is 0.258 e. The molecule has 5 aliphatic rings. The van der Waals surface area contributed by atoms with E-state index >= 15 is 0 Å². The topological polar surface area (TPSA) is 69.7 Å². The molecule has 1 aliphatic heterocycles. The molecular formula is C20H28BrN3O3. The van der Waals surface area contributed by atoms with E-state index in [-0.39, 0.29) is 28.3 Å². The van der Waals surface area contributed by atoms with Gasteiger partial charge in [0.05, 0.1) is 16.4 Å². The molecule has 27 heavy (non-hydrogen) atoms. The van der Waals surface area contributed by atoms with E-state index in [4.69, 9.17) is 0 Å². The molecule has 0 spiro atoms. The third-order valence-electron chi connectivity index (χ3n) is 7.06. The van der Waals surface area contributed by atoms with Gasteiger partial charge in [0, 0.05) is 26.2 Å². The normalized spacial score (nSPS) is 34.5. The Bertz CT molecular complexity index is 634. The van der Waals surface area contributed by atoms with Gasteiger partial charge in [0.25, 0.3) is 5.91 Å². The molecule has 0 radical (unpaired) electrons. The fourth-order valence-corrected chi connectivity index (χ4v) is 6.37. The highest BCUT2D eigenvalue weighted by molar-refractivity contribution is 9.12. The quantitative estimate of drug-likeness (QED) is 0.682. The number of rotatable bonds is 4. The van der Waals surface area contributed by atoms with Crippen LogP contribution in [-0.4, -0.2) is 60.2 Å². The zero-order chi connectivity index (χ0) is 19.2. The van der Waals surface area contributed by atoms with Crippen molar-refractivity contribution in [3.8, 4) is 0 Å². The van der Waals surface area contributed by atoms with Crippen LogP contribution in [0.1, 0.15) is 38.5 Å². The molecule has 0 aromatic rings. The Labute approximate surface area is 168 Å². The Hall–Kier alpha value is -1.37. The predicted molar refractivity (Wildman–Crippen MR) is 105 cm³/mol. The van der Waals surface area contributed by atoms with Gasteiger partial charge in [0.1, 0.15) is 0 Å². The largest absolute Gasteiger partial charge is 0.343 e. The lowest BCUT2D eigenvalue weighted by Crippen LogP contribution is -2.59. The Balaban J connectivity index is 1.30. The summed E-state index contributed by atoms with van der Waals surface area (Å²) in [6, 6.07) is 0. The second-order valence-electron chi connectivity index (χ2n) is 8.96. The van der Waals surface area contributed by atoms with Gasteiger partial charge in [-0.3, -0.25) is 14.4 Å². The van der Waals surface area contributed by atoms with Crippen LogP contribution in [0, 0.1) is 23.2 Å². The van der Waals surface area contributed by atoms with Crippen LogP contribution >= 0.6 is 15.9 Å². The van der Waals surface area contributed by atoms with Crippen LogP contribution < -0.4 is 5.32 Å². The van der Waals surface area contributed by atoms with E-state index in [2.05, 4.69) is 27.8 Å². The van der Waals surface area contributed by atoms with E-state index in [1.807, 2.05) is 4.90 Å². The lowest BCUT2D eigenvalue weighted by Gasteiger charge is -2.57. The highest BCUT2D eigenvalue weighted by Crippen LogP contribution is 2.60. The van der Waals surface area contributed by atoms with Crippen LogP contribution in [0.25, 0.3) is 0 Å². The second kappa shape index (κ2) is 7.22. The number of carbonyl (C=O) groups is 3. The third-order valence-corrected chi connectivity index (χ3v) is 7.42. The van der Waals surface area contributed by atoms with Crippen molar-refractivity contribution < 1.29 is 14.4 Å². The average molecular weight is 438 g/mol. The van der Waals surface area contributed by atoms with Crippen molar-refractivity contribution in [2.75, 3.05) is 32.7 Å². The molecule has 4 saturated carbocycles. The van der Waals surface area contributed by atoms with Gasteiger partial charge < -0.3 is 15.1 Å². The van der Waals surface area contributed by atoms with Crippen LogP contribution in [0.15, 0.2) is 11.1 Å². The van der Waals surface area contributed by atoms with Gasteiger partial charge in [-0.05, 0) is 72.2 Å². The highest BCUT2D eigenvalue weighted by atomic mass is 79.9. The summed E-state index contributed by atoms with van der Waals surface area (Å²) in [6.07, 6.45) is 7.25. The fourth-order valence-electron chi connectivity index (χ4n) is 6.23. The summed E-state index contributed by atoms with van der Waals surface area (Å²) in [6.45, 7) is 5.75. The first kappa shape index (κ1) is 19.0. The van der Waals surface area contributed by atoms with E-state index in [1.54, 1.807) is 4.90 Å². The smallest absolute Gasteiger partial charge is 0.258 e. The summed E-state index contributed by atoms with van der Waals surface area (Å²) in [7, 11) is 0. The van der Waals surface area contributed by atoms with Crippen molar-refractivity contribution >= 4 is 33.7 Å². The number of piperazine rings is 1. The number of nitrogens with one attached hydrogen (secondary N) is 1. The lowest BCUT2D eigenvalue weighted by molar-refractivity contribution is -0.160. The summed E-state index contributed by atoms with van der Waals surface area (Å²) in [5.74, 6) is 2.14. The first-order chi connectivity index (χ1) is 12.9. The monoisotopic (exact) mass is 437 g/mol. The summed E-state index contributed by atoms with van der Waals surface area (Å²) < 4.78 is 0.210. The molecule has 1 saturated heterocycles. The van der Waals surface area contributed by atoms with Crippen LogP contribution in [0.5, 0.6) is 0 Å². The molecule has 5 fully saturated rings. The number of hydrogen-bond acceptors (Lipinski definition) is 3. The van der Waals surface area contributed by atoms with Crippen LogP contribution in [-0.2, 0) is 14.4 Å². The fraction of sp³-hybridized carbons (Fsp3) is 0.750. The van der Waals surface area contributed by atoms with Gasteiger partial charge in [0.2, 0.25) is 11.8 Å². The van der Waals surface area contributed by atoms with Crippen LogP contribution in [0.4, 0.5) is 0 Å². The molecule has 148 valence electrons. The summed E-state index contributed by atoms with van der Waals surface area (Å²) in [5.41, 5.74) is -0.106. The first-order valence-electron chi connectivity index (χ1n) is 10.1. The average Bonchev–Trinajstić information content (AvgIpc) is 2.64. The molecule has 0 atom stereocenters. The van der Waals surface area contributed by atoms with Crippen molar-refractivity contribution in [2.24, 2.45) is 23.2 Å². The Kier molecular flexibility index (Phi) is 5.08. The minimum atomic E-state index is -0.376. The van der Waals surface area contributed by atoms with Crippen molar-refractivity contribution in [3.05, 3.63) is 11.1 Å². The standard InChI is InChI=1S/C20H28BrN3O3/c1-13(21)18(26)22-12-17(25)23-2-4-24(5-3-23)19(27)20-9-14-6-15(10-20)8-16(7-14)11-20/h14-16H,1-12H2,(H,22,26). The van der Waals surface area contributed by atoms with Gasteiger partial charge in [0.15, 0.2) is 0 Å². The second-order valence-corrected chi connectivity index (χ2v) is 9.92. The van der Waals surface area contributed by atoms with E-state index < -0.39 is 0 Å². The zero-order valence-electron chi connectivity index (χ0n) is 15.7. The van der Waals surface area contributed by atoms with Gasteiger partial charge in [-0.25, -0.2) is 0 Å². The molecule has 5 rings (SSSR count). The number of amides is 3. The lowest BCUT2D eigenvalue weighted by atomic mass is 9.49. The van der Waals surface area contributed by atoms with Gasteiger partial charge in [-0.2, -0.15) is 0 Å². The van der Waals surface area contributed by atoms with Gasteiger partial charge in [-0.1, -0.05) is 6.58 Å². The number of hydrogen-bond donors (Lipinski definition) is 1. The number of carbonyl (C=O) groups excluding carboxylic acids is 3. The van der Waals surface area contributed by atoms with E-state index in [9.17, 15) is 14.4 Å². The van der Waals surface area contributed by atoms with Crippen molar-refractivity contribution in [3.63, 3.8) is 0 Å². The minimum absolute atomic E-state index is 0.0353. The van der Waals surface area contributed by atoms with Crippen LogP contribution in [0.2, 0.25) is 0 Å². The molecule has 1 heterocycles. The Morgan fingerprint density at radius 1 is 0.926 bits per heavy atom. The van der Waals surface area contributed by atoms with Crippen molar-refractivity contribution in [1.29, 1.82) is 0 Å². The maximum atomic E-state index is 13.4. The molecule has 1 N–H and O–H groups in total. The molecule has 4 aliphatic carbocycles. The molecule has 0 unspecified atom stereocenters. The molecule has 0 aromatic carbocycles. The van der Waals surface area contributed by atoms with Crippen molar-refractivity contribution in [2.45, 2.75) is 38.5 Å². The summed E-state index contributed by atoms with van der Waals surface area (Å²) in [5, 5.41) is 2.55. The van der Waals surface area contributed by atoms with Gasteiger partial charge >= 0.3 is 0 Å². The van der Waals surface area contributed by atoms with Crippen molar-refractivity contribution in [1.82, 2.24) is 15.1 Å². The molecule has 7 heteroatoms. The van der Waals surface area contributed by atoms with E-state index in [0.717, 1.165) is 37.0 Å². The molecule has 3 amide bonds. The molecule has 6 nitrogen and oxygen atoms in total. The third kappa shape index (κ3) is 3.67. The minimum Gasteiger partial charge on any atom is -0.343 e. The Morgan fingerprint density at radius 3 is 1.89 bits per heavy atom. The van der Waals surface area contributed by atoms with E-state index in [1.165, 1.54) is 19.3 Å². The zero-order valence-corrected chi connectivity index (χ0v) is 17.3. The summed E-state index contributed by atoms with van der Waals surface area (Å²) >= 11 is 3.00. The first-order valence-corrected chi connectivity index (χ1v) is 10.9. The number of nitrogens with zero attached hydrogens (tertiary/aromatic N) is 2. The van der Waals surface area contributed by atoms with E-state index in [0.29, 0.717) is 32.1 Å². The highest BCUT2D eigenvalue weighted by Gasteiger charge is 2.55. The molecule has 4 bridgehead atoms. The number of halogens is 1. The SMILES string of the molecule is C=C(Br)C(=O)NCC(=O)N1CCN(C(=O)C23CC4CC(CC(C4)C2)C3)CC1. The molecule has 0 aromatic heterocycles. The van der Waals surface area contributed by atoms with Gasteiger partial charge in [-0.15, -0.1) is 0 Å². The predicted octanol–water partition coefficient (Wildman–Crippen LogP) is 1.90. The van der Waals surface area contributed by atoms with Crippen LogP contribution in [0.3, 0.4) is 0 Å². The molecular weight excluding hydrogens is 410 g/mol. The maximum absolute atomic E-state index is 13.4. The Morgan fingerprint density at radius 2 is 1.41 bits per heavy atom.